The SMILES string of the molecule is NCC1CN(CC2CCOCC2)CCO1. The largest absolute Gasteiger partial charge is 0.381 e. The highest BCUT2D eigenvalue weighted by Gasteiger charge is 2.23. The summed E-state index contributed by atoms with van der Waals surface area (Å²) in [5.74, 6) is 0.815. The van der Waals surface area contributed by atoms with E-state index in [0.717, 1.165) is 38.8 Å². The molecule has 2 aliphatic heterocycles. The summed E-state index contributed by atoms with van der Waals surface area (Å²) in [7, 11) is 0. The van der Waals surface area contributed by atoms with E-state index in [1.165, 1.54) is 19.4 Å². The first-order chi connectivity index (χ1) is 7.38. The van der Waals surface area contributed by atoms with Crippen molar-refractivity contribution < 1.29 is 9.47 Å². The van der Waals surface area contributed by atoms with E-state index in [0.29, 0.717) is 6.54 Å². The molecule has 88 valence electrons. The fourth-order valence-corrected chi connectivity index (χ4v) is 2.38. The number of nitrogens with two attached hydrogens (primary N) is 1. The molecule has 2 heterocycles. The Hall–Kier alpha value is -0.160. The van der Waals surface area contributed by atoms with Gasteiger partial charge < -0.3 is 15.2 Å². The minimum atomic E-state index is 0.249. The van der Waals surface area contributed by atoms with Gasteiger partial charge in [0.1, 0.15) is 0 Å². The molecule has 1 unspecified atom stereocenters. The Morgan fingerprint density at radius 1 is 1.20 bits per heavy atom. The maximum absolute atomic E-state index is 5.63. The summed E-state index contributed by atoms with van der Waals surface area (Å²) in [6, 6.07) is 0. The topological polar surface area (TPSA) is 47.7 Å². The Bertz CT molecular complexity index is 183. The summed E-state index contributed by atoms with van der Waals surface area (Å²) < 4.78 is 10.9. The molecule has 2 rings (SSSR count). The molecule has 1 atom stereocenters. The molecule has 0 amide bonds. The zero-order chi connectivity index (χ0) is 10.5. The van der Waals surface area contributed by atoms with Gasteiger partial charge in [0.15, 0.2) is 0 Å². The number of morpholine rings is 1. The van der Waals surface area contributed by atoms with Crippen molar-refractivity contribution in [3.05, 3.63) is 0 Å². The third-order valence-corrected chi connectivity index (χ3v) is 3.34. The monoisotopic (exact) mass is 214 g/mol. The van der Waals surface area contributed by atoms with Crippen molar-refractivity contribution in [2.45, 2.75) is 18.9 Å². The number of hydrogen-bond acceptors (Lipinski definition) is 4. The molecule has 0 aliphatic carbocycles. The van der Waals surface area contributed by atoms with Crippen LogP contribution in [0.25, 0.3) is 0 Å². The summed E-state index contributed by atoms with van der Waals surface area (Å²) in [5, 5.41) is 0. The molecule has 2 aliphatic rings. The predicted octanol–water partition coefficient (Wildman–Crippen LogP) is 0.0725. The molecular formula is C11H22N2O2. The second-order valence-electron chi connectivity index (χ2n) is 4.54. The molecule has 2 saturated heterocycles. The van der Waals surface area contributed by atoms with Crippen LogP contribution in [-0.2, 0) is 9.47 Å². The van der Waals surface area contributed by atoms with Crippen molar-refractivity contribution >= 4 is 0 Å². The first-order valence-corrected chi connectivity index (χ1v) is 6.00. The molecule has 0 radical (unpaired) electrons. The molecule has 0 aromatic rings. The summed E-state index contributed by atoms with van der Waals surface area (Å²) in [6.45, 7) is 6.63. The van der Waals surface area contributed by atoms with Crippen LogP contribution in [0.15, 0.2) is 0 Å². The Kier molecular flexibility index (Phi) is 4.38. The van der Waals surface area contributed by atoms with E-state index >= 15 is 0 Å². The highest BCUT2D eigenvalue weighted by atomic mass is 16.5. The van der Waals surface area contributed by atoms with Gasteiger partial charge in [-0.1, -0.05) is 0 Å². The first-order valence-electron chi connectivity index (χ1n) is 6.00. The highest BCUT2D eigenvalue weighted by Crippen LogP contribution is 2.17. The highest BCUT2D eigenvalue weighted by molar-refractivity contribution is 4.75. The third-order valence-electron chi connectivity index (χ3n) is 3.34. The van der Waals surface area contributed by atoms with Crippen LogP contribution in [-0.4, -0.2) is 57.0 Å². The van der Waals surface area contributed by atoms with Crippen LogP contribution in [0, 0.1) is 5.92 Å². The average molecular weight is 214 g/mol. The maximum atomic E-state index is 5.63. The lowest BCUT2D eigenvalue weighted by Gasteiger charge is -2.35. The minimum absolute atomic E-state index is 0.249. The van der Waals surface area contributed by atoms with Gasteiger partial charge in [-0.25, -0.2) is 0 Å². The lowest BCUT2D eigenvalue weighted by molar-refractivity contribution is -0.0350. The Morgan fingerprint density at radius 3 is 2.73 bits per heavy atom. The smallest absolute Gasteiger partial charge is 0.0824 e. The Balaban J connectivity index is 1.72. The number of rotatable bonds is 3. The van der Waals surface area contributed by atoms with Crippen molar-refractivity contribution in [3.63, 3.8) is 0 Å². The van der Waals surface area contributed by atoms with E-state index in [2.05, 4.69) is 4.90 Å². The van der Waals surface area contributed by atoms with Gasteiger partial charge in [-0.3, -0.25) is 4.90 Å². The zero-order valence-electron chi connectivity index (χ0n) is 9.36. The van der Waals surface area contributed by atoms with Gasteiger partial charge in [-0.05, 0) is 18.8 Å². The molecule has 0 aromatic carbocycles. The number of ether oxygens (including phenoxy) is 2. The fraction of sp³-hybridized carbons (Fsp3) is 1.00. The number of hydrogen-bond donors (Lipinski definition) is 1. The molecule has 0 spiro atoms. The number of nitrogens with zero attached hydrogens (tertiary/aromatic N) is 1. The van der Waals surface area contributed by atoms with Crippen LogP contribution in [0.5, 0.6) is 0 Å². The lowest BCUT2D eigenvalue weighted by Crippen LogP contribution is -2.47. The van der Waals surface area contributed by atoms with E-state index < -0.39 is 0 Å². The fourth-order valence-electron chi connectivity index (χ4n) is 2.38. The van der Waals surface area contributed by atoms with Gasteiger partial charge >= 0.3 is 0 Å². The van der Waals surface area contributed by atoms with Gasteiger partial charge in [0.25, 0.3) is 0 Å². The molecule has 0 aromatic heterocycles. The summed E-state index contributed by atoms with van der Waals surface area (Å²) in [5.41, 5.74) is 5.63. The van der Waals surface area contributed by atoms with Crippen molar-refractivity contribution in [1.29, 1.82) is 0 Å². The average Bonchev–Trinajstić information content (AvgIpc) is 2.31. The Labute approximate surface area is 91.7 Å². The van der Waals surface area contributed by atoms with Crippen LogP contribution in [0.3, 0.4) is 0 Å². The molecule has 2 N–H and O–H groups in total. The summed E-state index contributed by atoms with van der Waals surface area (Å²) in [6.07, 6.45) is 2.67. The van der Waals surface area contributed by atoms with E-state index in [9.17, 15) is 0 Å². The first kappa shape index (κ1) is 11.3. The second-order valence-corrected chi connectivity index (χ2v) is 4.54. The van der Waals surface area contributed by atoms with E-state index in [1.54, 1.807) is 0 Å². The second kappa shape index (κ2) is 5.80. The quantitative estimate of drug-likeness (QED) is 0.722. The lowest BCUT2D eigenvalue weighted by atomic mass is 9.99. The van der Waals surface area contributed by atoms with Crippen molar-refractivity contribution in [1.82, 2.24) is 4.90 Å². The molecule has 4 heteroatoms. The minimum Gasteiger partial charge on any atom is -0.381 e. The van der Waals surface area contributed by atoms with Crippen LogP contribution < -0.4 is 5.73 Å². The maximum Gasteiger partial charge on any atom is 0.0824 e. The summed E-state index contributed by atoms with van der Waals surface area (Å²) >= 11 is 0. The molecule has 0 saturated carbocycles. The van der Waals surface area contributed by atoms with Crippen LogP contribution in [0.1, 0.15) is 12.8 Å². The van der Waals surface area contributed by atoms with Gasteiger partial charge in [-0.2, -0.15) is 0 Å². The molecular weight excluding hydrogens is 192 g/mol. The normalized spacial score (nSPS) is 30.6. The van der Waals surface area contributed by atoms with E-state index in [-0.39, 0.29) is 6.10 Å². The standard InChI is InChI=1S/C11H22N2O2/c12-7-11-9-13(3-6-15-11)8-10-1-4-14-5-2-10/h10-11H,1-9,12H2. The molecule has 4 nitrogen and oxygen atoms in total. The van der Waals surface area contributed by atoms with Gasteiger partial charge in [0.2, 0.25) is 0 Å². The van der Waals surface area contributed by atoms with E-state index in [1.807, 2.05) is 0 Å². The zero-order valence-corrected chi connectivity index (χ0v) is 9.36. The van der Waals surface area contributed by atoms with Crippen molar-refractivity contribution in [2.75, 3.05) is 46.0 Å². The van der Waals surface area contributed by atoms with Gasteiger partial charge in [0, 0.05) is 39.4 Å². The van der Waals surface area contributed by atoms with Gasteiger partial charge in [0.05, 0.1) is 12.7 Å². The Morgan fingerprint density at radius 2 is 2.00 bits per heavy atom. The van der Waals surface area contributed by atoms with Crippen LogP contribution in [0.4, 0.5) is 0 Å². The van der Waals surface area contributed by atoms with Crippen molar-refractivity contribution in [3.8, 4) is 0 Å². The molecule has 2 fully saturated rings. The summed E-state index contributed by atoms with van der Waals surface area (Å²) in [4.78, 5) is 2.50. The molecule has 15 heavy (non-hydrogen) atoms. The van der Waals surface area contributed by atoms with Gasteiger partial charge in [-0.15, -0.1) is 0 Å². The third kappa shape index (κ3) is 3.41. The van der Waals surface area contributed by atoms with Crippen LogP contribution >= 0.6 is 0 Å². The predicted molar refractivity (Wildman–Crippen MR) is 58.8 cm³/mol. The van der Waals surface area contributed by atoms with Crippen molar-refractivity contribution in [2.24, 2.45) is 11.7 Å². The van der Waals surface area contributed by atoms with Crippen LogP contribution in [0.2, 0.25) is 0 Å². The molecule has 0 bridgehead atoms. The van der Waals surface area contributed by atoms with E-state index in [4.69, 9.17) is 15.2 Å².